The number of aliphatic hydroxyl groups excluding tert-OH is 2. The van der Waals surface area contributed by atoms with E-state index < -0.39 is 61.0 Å². The quantitative estimate of drug-likeness (QED) is 0.156. The van der Waals surface area contributed by atoms with Crippen LogP contribution in [0.2, 0.25) is 0 Å². The standard InChI is InChI=1S/C32H39BFNO7/c1-4-6-19(13-20-10-11-27(37)26(34)14-20)9-12-28(38)29-23(18(2)3)16-24-30(25(29)17-36)32(40)35(31(24)39)22-8-5-7-21(15-22)33(41)42/h5,7-8,10-11,13-15,18,24-25,28,30,36-38,41-42H,4,6,9,12,16-17H2,1-3H3/b19-13+/t24-,25+,28-,30-/m1/s1. The Hall–Kier alpha value is -3.31. The molecule has 1 aliphatic carbocycles. The molecule has 4 atom stereocenters. The highest BCUT2D eigenvalue weighted by atomic mass is 19.1. The Bertz CT molecular complexity index is 1390. The lowest BCUT2D eigenvalue weighted by atomic mass is 9.66. The highest BCUT2D eigenvalue weighted by Crippen LogP contribution is 2.48. The van der Waals surface area contributed by atoms with Crippen molar-refractivity contribution in [1.29, 1.82) is 0 Å². The number of anilines is 1. The van der Waals surface area contributed by atoms with Crippen LogP contribution in [0.25, 0.3) is 6.08 Å². The molecule has 0 spiro atoms. The van der Waals surface area contributed by atoms with E-state index in [-0.39, 0.29) is 23.5 Å². The van der Waals surface area contributed by atoms with Crippen LogP contribution in [0.3, 0.4) is 0 Å². The van der Waals surface area contributed by atoms with Gasteiger partial charge in [0.05, 0.1) is 30.2 Å². The maximum Gasteiger partial charge on any atom is 0.488 e. The zero-order valence-corrected chi connectivity index (χ0v) is 24.2. The van der Waals surface area contributed by atoms with Gasteiger partial charge in [-0.25, -0.2) is 4.39 Å². The minimum atomic E-state index is -1.76. The van der Waals surface area contributed by atoms with Crippen LogP contribution in [0.1, 0.15) is 58.4 Å². The van der Waals surface area contributed by atoms with Crippen LogP contribution >= 0.6 is 0 Å². The molecule has 42 heavy (non-hydrogen) atoms. The van der Waals surface area contributed by atoms with Crippen LogP contribution in [0.4, 0.5) is 10.1 Å². The monoisotopic (exact) mass is 579 g/mol. The summed E-state index contributed by atoms with van der Waals surface area (Å²) < 4.78 is 13.9. The number of nitrogens with zero attached hydrogens (tertiary/aromatic N) is 1. The SMILES string of the molecule is CCC/C(=C\c1ccc(O)c(F)c1)CC[C@@H](O)C1=C(C(C)C)C[C@H]2C(=O)N(c3cccc(B(O)O)c3)C(=O)[C@H]2[C@H]1CO. The summed E-state index contributed by atoms with van der Waals surface area (Å²) in [6.45, 7) is 5.53. The number of phenolic OH excluding ortho intramolecular Hbond substituents is 1. The predicted molar refractivity (Wildman–Crippen MR) is 159 cm³/mol. The second-order valence-corrected chi connectivity index (χ2v) is 11.6. The lowest BCUT2D eigenvalue weighted by Crippen LogP contribution is -2.40. The average molecular weight is 579 g/mol. The number of aromatic hydroxyl groups is 1. The van der Waals surface area contributed by atoms with Gasteiger partial charge in [-0.3, -0.25) is 14.5 Å². The van der Waals surface area contributed by atoms with E-state index in [1.165, 1.54) is 30.3 Å². The van der Waals surface area contributed by atoms with Gasteiger partial charge in [0.25, 0.3) is 0 Å². The fraction of sp³-hybridized carbons (Fsp3) is 0.438. The number of amides is 2. The van der Waals surface area contributed by atoms with Gasteiger partial charge in [-0.05, 0) is 72.5 Å². The first-order valence-corrected chi connectivity index (χ1v) is 14.5. The van der Waals surface area contributed by atoms with E-state index in [0.717, 1.165) is 28.9 Å². The summed E-state index contributed by atoms with van der Waals surface area (Å²) in [5.41, 5.74) is 3.42. The number of carbonyl (C=O) groups is 2. The summed E-state index contributed by atoms with van der Waals surface area (Å²) in [7, 11) is -1.76. The predicted octanol–water partition coefficient (Wildman–Crippen LogP) is 3.31. The van der Waals surface area contributed by atoms with Gasteiger partial charge in [0.1, 0.15) is 0 Å². The van der Waals surface area contributed by atoms with Crippen molar-refractivity contribution in [2.75, 3.05) is 11.5 Å². The van der Waals surface area contributed by atoms with Crippen LogP contribution in [0, 0.1) is 29.5 Å². The summed E-state index contributed by atoms with van der Waals surface area (Å²) >= 11 is 0. The second kappa shape index (κ2) is 13.3. The largest absolute Gasteiger partial charge is 0.505 e. The molecular weight excluding hydrogens is 540 g/mol. The number of benzene rings is 2. The number of hydrogen-bond acceptors (Lipinski definition) is 7. The van der Waals surface area contributed by atoms with Crippen molar-refractivity contribution in [1.82, 2.24) is 0 Å². The highest BCUT2D eigenvalue weighted by molar-refractivity contribution is 6.58. The number of phenols is 1. The summed E-state index contributed by atoms with van der Waals surface area (Å²) in [5, 5.41) is 50.8. The maximum absolute atomic E-state index is 13.9. The Labute approximate surface area is 246 Å². The van der Waals surface area contributed by atoms with Gasteiger partial charge in [0.15, 0.2) is 11.6 Å². The first kappa shape index (κ1) is 31.6. The van der Waals surface area contributed by atoms with Gasteiger partial charge in [0, 0.05) is 5.92 Å². The molecule has 0 aromatic heterocycles. The van der Waals surface area contributed by atoms with Crippen molar-refractivity contribution in [3.63, 3.8) is 0 Å². The topological polar surface area (TPSA) is 139 Å². The van der Waals surface area contributed by atoms with Crippen LogP contribution in [0.5, 0.6) is 5.75 Å². The average Bonchev–Trinajstić information content (AvgIpc) is 3.21. The van der Waals surface area contributed by atoms with Crippen molar-refractivity contribution in [2.24, 2.45) is 23.7 Å². The maximum atomic E-state index is 13.9. The molecular formula is C32H39BFNO7. The van der Waals surface area contributed by atoms with Gasteiger partial charge < -0.3 is 25.4 Å². The van der Waals surface area contributed by atoms with Gasteiger partial charge >= 0.3 is 7.12 Å². The van der Waals surface area contributed by atoms with Crippen molar-refractivity contribution >= 4 is 36.2 Å². The number of fused-ring (bicyclic) bond motifs is 1. The van der Waals surface area contributed by atoms with Crippen LogP contribution in [0.15, 0.2) is 59.2 Å². The number of aliphatic hydroxyl groups is 2. The normalized spacial score (nSPS) is 21.8. The number of hydrogen-bond donors (Lipinski definition) is 5. The highest BCUT2D eigenvalue weighted by Gasteiger charge is 2.55. The third-order valence-corrected chi connectivity index (χ3v) is 8.45. The fourth-order valence-electron chi connectivity index (χ4n) is 6.44. The minimum Gasteiger partial charge on any atom is -0.505 e. The van der Waals surface area contributed by atoms with Gasteiger partial charge in [0.2, 0.25) is 11.8 Å². The van der Waals surface area contributed by atoms with Crippen LogP contribution in [-0.4, -0.2) is 57.0 Å². The van der Waals surface area contributed by atoms with Crippen molar-refractivity contribution in [2.45, 2.75) is 59.0 Å². The van der Waals surface area contributed by atoms with E-state index in [0.29, 0.717) is 24.0 Å². The number of allylic oxidation sites excluding steroid dienone is 2. The molecule has 2 aromatic carbocycles. The van der Waals surface area contributed by atoms with E-state index in [4.69, 9.17) is 0 Å². The Morgan fingerprint density at radius 1 is 1.12 bits per heavy atom. The van der Waals surface area contributed by atoms with Crippen molar-refractivity contribution < 1.29 is 39.3 Å². The van der Waals surface area contributed by atoms with Gasteiger partial charge in [-0.15, -0.1) is 0 Å². The Morgan fingerprint density at radius 3 is 2.48 bits per heavy atom. The Morgan fingerprint density at radius 2 is 1.86 bits per heavy atom. The molecule has 1 aliphatic heterocycles. The third-order valence-electron chi connectivity index (χ3n) is 8.45. The molecule has 0 unspecified atom stereocenters. The van der Waals surface area contributed by atoms with Crippen LogP contribution in [-0.2, 0) is 9.59 Å². The summed E-state index contributed by atoms with van der Waals surface area (Å²) in [6.07, 6.45) is 3.53. The number of imide groups is 1. The fourth-order valence-corrected chi connectivity index (χ4v) is 6.44. The molecule has 1 fully saturated rings. The summed E-state index contributed by atoms with van der Waals surface area (Å²) in [6, 6.07) is 10.1. The Balaban J connectivity index is 1.62. The van der Waals surface area contributed by atoms with E-state index in [1.54, 1.807) is 12.1 Å². The van der Waals surface area contributed by atoms with Gasteiger partial charge in [-0.2, -0.15) is 0 Å². The number of carbonyl (C=O) groups excluding carboxylic acids is 2. The zero-order chi connectivity index (χ0) is 30.7. The molecule has 2 aromatic rings. The van der Waals surface area contributed by atoms with Crippen molar-refractivity contribution in [3.8, 4) is 5.75 Å². The molecule has 8 nitrogen and oxygen atoms in total. The minimum absolute atomic E-state index is 0.0416. The molecule has 10 heteroatoms. The Kier molecular flexibility index (Phi) is 10.0. The molecule has 2 aliphatic rings. The first-order valence-electron chi connectivity index (χ1n) is 14.5. The van der Waals surface area contributed by atoms with Crippen molar-refractivity contribution in [3.05, 3.63) is 70.6 Å². The lowest BCUT2D eigenvalue weighted by molar-refractivity contribution is -0.123. The smallest absolute Gasteiger partial charge is 0.488 e. The van der Waals surface area contributed by atoms with E-state index in [1.807, 2.05) is 26.8 Å². The van der Waals surface area contributed by atoms with E-state index in [2.05, 4.69) is 0 Å². The second-order valence-electron chi connectivity index (χ2n) is 11.6. The van der Waals surface area contributed by atoms with Gasteiger partial charge in [-0.1, -0.05) is 62.6 Å². The number of halogens is 1. The first-order chi connectivity index (χ1) is 20.0. The molecule has 4 rings (SSSR count). The number of rotatable bonds is 11. The molecule has 1 saturated heterocycles. The third kappa shape index (κ3) is 6.37. The molecule has 5 N–H and O–H groups in total. The molecule has 0 saturated carbocycles. The summed E-state index contributed by atoms with van der Waals surface area (Å²) in [4.78, 5) is 28.4. The molecule has 0 bridgehead atoms. The molecule has 0 radical (unpaired) electrons. The molecule has 224 valence electrons. The van der Waals surface area contributed by atoms with E-state index in [9.17, 15) is 39.3 Å². The van der Waals surface area contributed by atoms with Crippen LogP contribution < -0.4 is 10.4 Å². The molecule has 1 heterocycles. The lowest BCUT2D eigenvalue weighted by Gasteiger charge is -2.38. The zero-order valence-electron chi connectivity index (χ0n) is 24.2. The van der Waals surface area contributed by atoms with E-state index >= 15 is 0 Å². The molecule has 2 amide bonds. The summed E-state index contributed by atoms with van der Waals surface area (Å²) in [5.74, 6) is -4.38.